The highest BCUT2D eigenvalue weighted by Gasteiger charge is 2.47. The minimum absolute atomic E-state index is 0.508. The van der Waals surface area contributed by atoms with E-state index in [1.807, 2.05) is 0 Å². The van der Waals surface area contributed by atoms with Crippen molar-refractivity contribution in [3.8, 4) is 0 Å². The molecular formula is C11H12Br2O3S2. The van der Waals surface area contributed by atoms with Gasteiger partial charge in [0.15, 0.2) is 0 Å². The van der Waals surface area contributed by atoms with Crippen molar-refractivity contribution in [3.63, 3.8) is 0 Å². The Kier molecular flexibility index (Phi) is 4.80. The summed E-state index contributed by atoms with van der Waals surface area (Å²) in [5.41, 5.74) is -0.380. The molecule has 0 bridgehead atoms. The topological polar surface area (TPSA) is 57.5 Å². The average molecular weight is 416 g/mol. The van der Waals surface area contributed by atoms with Crippen LogP contribution in [0.1, 0.15) is 24.5 Å². The average Bonchev–Trinajstić information content (AvgIpc) is 2.68. The molecule has 0 aromatic carbocycles. The first-order chi connectivity index (χ1) is 8.47. The number of rotatable bonds is 3. The second-order valence-corrected chi connectivity index (χ2v) is 9.23. The third-order valence-electron chi connectivity index (χ3n) is 3.31. The Bertz CT molecular complexity index is 455. The summed E-state index contributed by atoms with van der Waals surface area (Å²) in [5, 5.41) is 20.1. The van der Waals surface area contributed by atoms with Crippen molar-refractivity contribution in [2.75, 3.05) is 11.5 Å². The maximum Gasteiger partial charge on any atom is 0.312 e. The van der Waals surface area contributed by atoms with E-state index in [0.717, 1.165) is 19.1 Å². The molecule has 1 aliphatic rings. The molecule has 1 fully saturated rings. The van der Waals surface area contributed by atoms with Gasteiger partial charge in [0.25, 0.3) is 0 Å². The van der Waals surface area contributed by atoms with E-state index in [0.29, 0.717) is 18.4 Å². The van der Waals surface area contributed by atoms with Gasteiger partial charge in [0.2, 0.25) is 0 Å². The molecule has 1 aromatic heterocycles. The van der Waals surface area contributed by atoms with Gasteiger partial charge in [-0.25, -0.2) is 0 Å². The van der Waals surface area contributed by atoms with Gasteiger partial charge in [0, 0.05) is 5.56 Å². The number of aliphatic hydroxyl groups excluding tert-OH is 1. The molecule has 3 nitrogen and oxygen atoms in total. The zero-order valence-corrected chi connectivity index (χ0v) is 14.2. The number of thiophene rings is 1. The summed E-state index contributed by atoms with van der Waals surface area (Å²) in [6, 6.07) is 1.80. The van der Waals surface area contributed by atoms with Crippen LogP contribution in [0, 0.1) is 5.41 Å². The maximum absolute atomic E-state index is 11.6. The fourth-order valence-corrected chi connectivity index (χ4v) is 6.28. The molecule has 0 unspecified atom stereocenters. The fourth-order valence-electron chi connectivity index (χ4n) is 2.18. The van der Waals surface area contributed by atoms with Crippen molar-refractivity contribution in [1.82, 2.24) is 0 Å². The highest BCUT2D eigenvalue weighted by molar-refractivity contribution is 9.12. The van der Waals surface area contributed by atoms with Crippen molar-refractivity contribution in [1.29, 1.82) is 0 Å². The van der Waals surface area contributed by atoms with Crippen LogP contribution in [0.3, 0.4) is 0 Å². The summed E-state index contributed by atoms with van der Waals surface area (Å²) < 4.78 is 1.68. The van der Waals surface area contributed by atoms with Crippen LogP contribution in [0.4, 0.5) is 0 Å². The summed E-state index contributed by atoms with van der Waals surface area (Å²) in [5.74, 6) is 0.669. The summed E-state index contributed by atoms with van der Waals surface area (Å²) in [7, 11) is 0. The SMILES string of the molecule is O=C(O)C1([C@@H](O)c2cc(Br)sc2Br)CCSCC1. The molecule has 18 heavy (non-hydrogen) atoms. The number of carbonyl (C=O) groups is 1. The van der Waals surface area contributed by atoms with Crippen LogP contribution >= 0.6 is 55.0 Å². The smallest absolute Gasteiger partial charge is 0.312 e. The summed E-state index contributed by atoms with van der Waals surface area (Å²) >= 11 is 9.93. The molecule has 100 valence electrons. The molecule has 1 atom stereocenters. The Morgan fingerprint density at radius 1 is 1.39 bits per heavy atom. The minimum Gasteiger partial charge on any atom is -0.481 e. The Morgan fingerprint density at radius 3 is 2.44 bits per heavy atom. The lowest BCUT2D eigenvalue weighted by Crippen LogP contribution is -2.40. The monoisotopic (exact) mass is 414 g/mol. The van der Waals surface area contributed by atoms with Crippen molar-refractivity contribution < 1.29 is 15.0 Å². The van der Waals surface area contributed by atoms with Gasteiger partial charge in [0.05, 0.1) is 19.1 Å². The lowest BCUT2D eigenvalue weighted by atomic mass is 9.74. The second-order valence-electron chi connectivity index (χ2n) is 4.26. The van der Waals surface area contributed by atoms with E-state index in [1.165, 1.54) is 11.3 Å². The number of thioether (sulfide) groups is 1. The van der Waals surface area contributed by atoms with Crippen molar-refractivity contribution >= 4 is 60.9 Å². The van der Waals surface area contributed by atoms with Crippen LogP contribution in [0.2, 0.25) is 0 Å². The number of aliphatic carboxylic acids is 1. The van der Waals surface area contributed by atoms with Crippen molar-refractivity contribution in [3.05, 3.63) is 19.2 Å². The zero-order valence-electron chi connectivity index (χ0n) is 9.36. The summed E-state index contributed by atoms with van der Waals surface area (Å²) in [4.78, 5) is 11.6. The van der Waals surface area contributed by atoms with Gasteiger partial charge >= 0.3 is 5.97 Å². The van der Waals surface area contributed by atoms with E-state index in [9.17, 15) is 15.0 Å². The van der Waals surface area contributed by atoms with Gasteiger partial charge in [0.1, 0.15) is 0 Å². The lowest BCUT2D eigenvalue weighted by Gasteiger charge is -2.36. The Balaban J connectivity index is 2.37. The van der Waals surface area contributed by atoms with E-state index in [4.69, 9.17) is 0 Å². The van der Waals surface area contributed by atoms with Crippen molar-refractivity contribution in [2.24, 2.45) is 5.41 Å². The molecule has 0 saturated carbocycles. The van der Waals surface area contributed by atoms with Gasteiger partial charge in [-0.1, -0.05) is 0 Å². The van der Waals surface area contributed by atoms with Gasteiger partial charge in [-0.05, 0) is 62.3 Å². The molecule has 2 rings (SSSR count). The maximum atomic E-state index is 11.6. The first-order valence-electron chi connectivity index (χ1n) is 5.41. The second kappa shape index (κ2) is 5.83. The van der Waals surface area contributed by atoms with Gasteiger partial charge in [-0.3, -0.25) is 4.79 Å². The van der Waals surface area contributed by atoms with E-state index in [2.05, 4.69) is 31.9 Å². The predicted octanol–water partition coefficient (Wildman–Crippen LogP) is 3.90. The minimum atomic E-state index is -1.05. The Hall–Kier alpha value is 0.440. The fraction of sp³-hybridized carbons (Fsp3) is 0.545. The standard InChI is InChI=1S/C11H12Br2O3S2/c12-7-5-6(9(13)18-7)8(14)11(10(15)16)1-3-17-4-2-11/h5,8,14H,1-4H2,(H,15,16)/t8-/m0/s1. The molecule has 2 N–H and O–H groups in total. The first kappa shape index (κ1) is 14.8. The number of aliphatic hydroxyl groups is 1. The lowest BCUT2D eigenvalue weighted by molar-refractivity contribution is -0.158. The predicted molar refractivity (Wildman–Crippen MR) is 81.3 cm³/mol. The van der Waals surface area contributed by atoms with Gasteiger partial charge < -0.3 is 10.2 Å². The molecule has 0 spiro atoms. The summed E-state index contributed by atoms with van der Waals surface area (Å²) in [6.07, 6.45) is 0.0510. The molecular weight excluding hydrogens is 404 g/mol. The van der Waals surface area contributed by atoms with Crippen LogP contribution in [-0.2, 0) is 4.79 Å². The molecule has 1 aromatic rings. The number of halogens is 2. The van der Waals surface area contributed by atoms with Crippen LogP contribution in [0.15, 0.2) is 13.6 Å². The van der Waals surface area contributed by atoms with E-state index in [1.54, 1.807) is 17.8 Å². The molecule has 1 saturated heterocycles. The molecule has 1 aliphatic heterocycles. The molecule has 0 aliphatic carbocycles. The number of hydrogen-bond donors (Lipinski definition) is 2. The van der Waals surface area contributed by atoms with Crippen LogP contribution in [-0.4, -0.2) is 27.7 Å². The van der Waals surface area contributed by atoms with E-state index >= 15 is 0 Å². The Labute approximate surface area is 130 Å². The van der Waals surface area contributed by atoms with Crippen LogP contribution < -0.4 is 0 Å². The van der Waals surface area contributed by atoms with E-state index in [-0.39, 0.29) is 0 Å². The van der Waals surface area contributed by atoms with Gasteiger partial charge in [-0.15, -0.1) is 11.3 Å². The van der Waals surface area contributed by atoms with E-state index < -0.39 is 17.5 Å². The quantitative estimate of drug-likeness (QED) is 0.785. The molecule has 0 radical (unpaired) electrons. The highest BCUT2D eigenvalue weighted by Crippen LogP contribution is 2.48. The van der Waals surface area contributed by atoms with Crippen LogP contribution in [0.25, 0.3) is 0 Å². The molecule has 2 heterocycles. The van der Waals surface area contributed by atoms with Crippen molar-refractivity contribution in [2.45, 2.75) is 18.9 Å². The first-order valence-corrected chi connectivity index (χ1v) is 8.97. The number of hydrogen-bond acceptors (Lipinski definition) is 4. The normalized spacial score (nSPS) is 20.6. The summed E-state index contributed by atoms with van der Waals surface area (Å²) in [6.45, 7) is 0. The molecule has 0 amide bonds. The number of carboxylic acids is 1. The zero-order chi connectivity index (χ0) is 13.3. The number of carboxylic acid groups (broad SMARTS) is 1. The Morgan fingerprint density at radius 2 is 2.00 bits per heavy atom. The third kappa shape index (κ3) is 2.65. The third-order valence-corrected chi connectivity index (χ3v) is 6.68. The largest absolute Gasteiger partial charge is 0.481 e. The van der Waals surface area contributed by atoms with Crippen LogP contribution in [0.5, 0.6) is 0 Å². The van der Waals surface area contributed by atoms with Gasteiger partial charge in [-0.2, -0.15) is 11.8 Å². The highest BCUT2D eigenvalue weighted by atomic mass is 79.9. The molecule has 7 heteroatoms.